The smallest absolute Gasteiger partial charge is 0.224 e. The van der Waals surface area contributed by atoms with Crippen LogP contribution in [0, 0.1) is 5.92 Å². The highest BCUT2D eigenvalue weighted by Crippen LogP contribution is 2.22. The fourth-order valence-electron chi connectivity index (χ4n) is 3.38. The fraction of sp³-hybridized carbons (Fsp3) is 0.381. The van der Waals surface area contributed by atoms with Crippen LogP contribution >= 0.6 is 24.8 Å². The van der Waals surface area contributed by atoms with E-state index in [4.69, 9.17) is 5.73 Å². The number of amides is 1. The third-order valence-corrected chi connectivity index (χ3v) is 5.10. The number of carbonyl (C=O) groups excluding carboxylic acids is 1. The molecule has 0 saturated carbocycles. The molecule has 0 spiro atoms. The Morgan fingerprint density at radius 3 is 2.07 bits per heavy atom. The minimum absolute atomic E-state index is 0. The van der Waals surface area contributed by atoms with Crippen molar-refractivity contribution >= 4 is 36.4 Å². The van der Waals surface area contributed by atoms with Crippen LogP contribution in [-0.2, 0) is 4.79 Å². The molecule has 148 valence electrons. The predicted octanol–water partition coefficient (Wildman–Crippen LogP) is 3.95. The molecule has 3 rings (SSSR count). The van der Waals surface area contributed by atoms with Crippen LogP contribution in [-0.4, -0.2) is 25.0 Å². The molecule has 1 amide bonds. The first-order chi connectivity index (χ1) is 12.1. The van der Waals surface area contributed by atoms with Gasteiger partial charge in [-0.1, -0.05) is 55.5 Å². The molecule has 2 unspecified atom stereocenters. The van der Waals surface area contributed by atoms with Crippen LogP contribution in [0.3, 0.4) is 0 Å². The Labute approximate surface area is 174 Å². The third-order valence-electron chi connectivity index (χ3n) is 5.10. The van der Waals surface area contributed by atoms with Crippen LogP contribution < -0.4 is 16.0 Å². The molecular formula is C21H29Cl2N3O. The van der Waals surface area contributed by atoms with Gasteiger partial charge in [0, 0.05) is 30.9 Å². The van der Waals surface area contributed by atoms with Crippen LogP contribution in [0.1, 0.15) is 31.4 Å². The van der Waals surface area contributed by atoms with E-state index in [1.54, 1.807) is 0 Å². The van der Waals surface area contributed by atoms with Crippen molar-refractivity contribution in [1.29, 1.82) is 0 Å². The molecular weight excluding hydrogens is 381 g/mol. The second-order valence-electron chi connectivity index (χ2n) is 6.83. The number of anilines is 1. The minimum atomic E-state index is -0.273. The van der Waals surface area contributed by atoms with E-state index in [0.717, 1.165) is 31.5 Å². The number of rotatable bonds is 5. The van der Waals surface area contributed by atoms with Crippen LogP contribution in [0.15, 0.2) is 60.7 Å². The molecule has 0 aliphatic carbocycles. The second-order valence-corrected chi connectivity index (χ2v) is 6.83. The predicted molar refractivity (Wildman–Crippen MR) is 117 cm³/mol. The highest BCUT2D eigenvalue weighted by Gasteiger charge is 2.26. The summed E-state index contributed by atoms with van der Waals surface area (Å²) in [6, 6.07) is 20.2. The van der Waals surface area contributed by atoms with Gasteiger partial charge in [0.2, 0.25) is 5.91 Å². The SMILES string of the molecule is CC(C(=O)NC1CCN(c2ccccc2)CC1)C(N)c1ccccc1.Cl.Cl. The Hall–Kier alpha value is -1.75. The monoisotopic (exact) mass is 409 g/mol. The van der Waals surface area contributed by atoms with Gasteiger partial charge in [-0.3, -0.25) is 4.79 Å². The maximum absolute atomic E-state index is 12.6. The van der Waals surface area contributed by atoms with E-state index in [1.807, 2.05) is 43.3 Å². The molecule has 6 heteroatoms. The molecule has 2 aromatic carbocycles. The molecule has 3 N–H and O–H groups in total. The van der Waals surface area contributed by atoms with E-state index in [9.17, 15) is 4.79 Å². The number of nitrogens with one attached hydrogen (secondary N) is 1. The van der Waals surface area contributed by atoms with Gasteiger partial charge in [-0.25, -0.2) is 0 Å². The first-order valence-electron chi connectivity index (χ1n) is 9.06. The number of hydrogen-bond acceptors (Lipinski definition) is 3. The van der Waals surface area contributed by atoms with Gasteiger partial charge in [0.1, 0.15) is 0 Å². The minimum Gasteiger partial charge on any atom is -0.371 e. The van der Waals surface area contributed by atoms with Crippen molar-refractivity contribution in [3.8, 4) is 0 Å². The van der Waals surface area contributed by atoms with Crippen molar-refractivity contribution < 1.29 is 4.79 Å². The maximum atomic E-state index is 12.6. The first kappa shape index (κ1) is 23.3. The Morgan fingerprint density at radius 2 is 1.52 bits per heavy atom. The summed E-state index contributed by atoms with van der Waals surface area (Å²) >= 11 is 0. The van der Waals surface area contributed by atoms with E-state index in [1.165, 1.54) is 5.69 Å². The Balaban J connectivity index is 0.00000182. The molecule has 27 heavy (non-hydrogen) atoms. The van der Waals surface area contributed by atoms with Gasteiger partial charge in [-0.05, 0) is 30.5 Å². The van der Waals surface area contributed by atoms with Gasteiger partial charge >= 0.3 is 0 Å². The van der Waals surface area contributed by atoms with Crippen LogP contribution in [0.5, 0.6) is 0 Å². The number of piperidine rings is 1. The van der Waals surface area contributed by atoms with Gasteiger partial charge in [0.25, 0.3) is 0 Å². The molecule has 4 nitrogen and oxygen atoms in total. The lowest BCUT2D eigenvalue weighted by Crippen LogP contribution is -2.47. The summed E-state index contributed by atoms with van der Waals surface area (Å²) in [6.07, 6.45) is 1.93. The number of hydrogen-bond donors (Lipinski definition) is 2. The number of carbonyl (C=O) groups is 1. The third kappa shape index (κ3) is 6.13. The molecule has 0 aromatic heterocycles. The highest BCUT2D eigenvalue weighted by molar-refractivity contribution is 5.85. The number of nitrogens with two attached hydrogens (primary N) is 1. The van der Waals surface area contributed by atoms with Crippen LogP contribution in [0.2, 0.25) is 0 Å². The van der Waals surface area contributed by atoms with Crippen molar-refractivity contribution in [2.45, 2.75) is 31.8 Å². The van der Waals surface area contributed by atoms with E-state index < -0.39 is 0 Å². The normalized spacial score (nSPS) is 16.4. The molecule has 2 atom stereocenters. The molecule has 1 saturated heterocycles. The molecule has 1 aliphatic rings. The van der Waals surface area contributed by atoms with E-state index in [-0.39, 0.29) is 48.7 Å². The lowest BCUT2D eigenvalue weighted by molar-refractivity contribution is -0.126. The Morgan fingerprint density at radius 1 is 1.00 bits per heavy atom. The quantitative estimate of drug-likeness (QED) is 0.785. The highest BCUT2D eigenvalue weighted by atomic mass is 35.5. The molecule has 1 heterocycles. The number of para-hydroxylation sites is 1. The zero-order valence-corrected chi connectivity index (χ0v) is 17.2. The summed E-state index contributed by atoms with van der Waals surface area (Å²) in [4.78, 5) is 14.9. The molecule has 0 radical (unpaired) electrons. The van der Waals surface area contributed by atoms with Gasteiger partial charge in [0.15, 0.2) is 0 Å². The van der Waals surface area contributed by atoms with Crippen molar-refractivity contribution in [2.24, 2.45) is 11.7 Å². The molecule has 0 bridgehead atoms. The summed E-state index contributed by atoms with van der Waals surface area (Å²) in [5.74, 6) is -0.191. The Bertz CT molecular complexity index is 676. The molecule has 1 aliphatic heterocycles. The van der Waals surface area contributed by atoms with E-state index >= 15 is 0 Å². The lowest BCUT2D eigenvalue weighted by atomic mass is 9.94. The Kier molecular flexibility index (Phi) is 9.64. The summed E-state index contributed by atoms with van der Waals surface area (Å²) < 4.78 is 0. The van der Waals surface area contributed by atoms with Crippen molar-refractivity contribution in [2.75, 3.05) is 18.0 Å². The van der Waals surface area contributed by atoms with Gasteiger partial charge in [-0.15, -0.1) is 24.8 Å². The van der Waals surface area contributed by atoms with Crippen LogP contribution in [0.25, 0.3) is 0 Å². The summed E-state index contributed by atoms with van der Waals surface area (Å²) in [6.45, 7) is 3.84. The average molecular weight is 410 g/mol. The van der Waals surface area contributed by atoms with Crippen molar-refractivity contribution in [3.63, 3.8) is 0 Å². The molecule has 1 fully saturated rings. The number of halogens is 2. The second kappa shape index (κ2) is 11.2. The standard InChI is InChI=1S/C21H27N3O.2ClH/c1-16(20(22)17-8-4-2-5-9-17)21(25)23-18-12-14-24(15-13-18)19-10-6-3-7-11-19;;/h2-11,16,18,20H,12-15,22H2,1H3,(H,23,25);2*1H. The van der Waals surface area contributed by atoms with E-state index in [0.29, 0.717) is 0 Å². The van der Waals surface area contributed by atoms with E-state index in [2.05, 4.69) is 34.5 Å². The lowest BCUT2D eigenvalue weighted by Gasteiger charge is -2.34. The topological polar surface area (TPSA) is 58.4 Å². The van der Waals surface area contributed by atoms with Crippen molar-refractivity contribution in [3.05, 3.63) is 66.2 Å². The zero-order valence-electron chi connectivity index (χ0n) is 15.6. The fourth-order valence-corrected chi connectivity index (χ4v) is 3.38. The maximum Gasteiger partial charge on any atom is 0.224 e. The summed E-state index contributed by atoms with van der Waals surface area (Å²) in [7, 11) is 0. The largest absolute Gasteiger partial charge is 0.371 e. The summed E-state index contributed by atoms with van der Waals surface area (Å²) in [5.41, 5.74) is 8.53. The van der Waals surface area contributed by atoms with Gasteiger partial charge in [0.05, 0.1) is 5.92 Å². The van der Waals surface area contributed by atoms with Gasteiger partial charge in [-0.2, -0.15) is 0 Å². The average Bonchev–Trinajstić information content (AvgIpc) is 2.68. The van der Waals surface area contributed by atoms with Gasteiger partial charge < -0.3 is 16.0 Å². The number of benzene rings is 2. The number of nitrogens with zero attached hydrogens (tertiary/aromatic N) is 1. The first-order valence-corrected chi connectivity index (χ1v) is 9.06. The zero-order chi connectivity index (χ0) is 17.6. The van der Waals surface area contributed by atoms with Crippen molar-refractivity contribution in [1.82, 2.24) is 5.32 Å². The van der Waals surface area contributed by atoms with Crippen LogP contribution in [0.4, 0.5) is 5.69 Å². The summed E-state index contributed by atoms with van der Waals surface area (Å²) in [5, 5.41) is 3.20. The molecule has 2 aromatic rings.